The van der Waals surface area contributed by atoms with E-state index in [-0.39, 0.29) is 37.8 Å². The van der Waals surface area contributed by atoms with Gasteiger partial charge in [-0.3, -0.25) is 5.41 Å². The molecular formula is C32H34Cl2N4O5. The number of aliphatic hydroxyl groups excluding tert-OH is 1. The second kappa shape index (κ2) is 16.1. The van der Waals surface area contributed by atoms with E-state index in [4.69, 9.17) is 58.9 Å². The van der Waals surface area contributed by atoms with Gasteiger partial charge in [0, 0.05) is 35.8 Å². The number of nitrogens with one attached hydrogen (secondary N) is 2. The van der Waals surface area contributed by atoms with E-state index in [9.17, 15) is 0 Å². The summed E-state index contributed by atoms with van der Waals surface area (Å²) in [5, 5.41) is 32.9. The summed E-state index contributed by atoms with van der Waals surface area (Å²) in [4.78, 5) is 0. The van der Waals surface area contributed by atoms with Crippen LogP contribution in [-0.4, -0.2) is 54.6 Å². The zero-order valence-electron chi connectivity index (χ0n) is 23.5. The third-order valence-electron chi connectivity index (χ3n) is 6.56. The molecule has 6 N–H and O–H groups in total. The molecule has 11 heteroatoms. The van der Waals surface area contributed by atoms with Crippen molar-refractivity contribution in [2.45, 2.75) is 19.6 Å². The first-order chi connectivity index (χ1) is 20.9. The topological polar surface area (TPSA) is 142 Å². The van der Waals surface area contributed by atoms with Gasteiger partial charge in [-0.2, -0.15) is 0 Å². The molecule has 0 unspecified atom stereocenters. The van der Waals surface area contributed by atoms with Crippen LogP contribution in [-0.2, 0) is 13.2 Å². The predicted molar refractivity (Wildman–Crippen MR) is 170 cm³/mol. The Hall–Kier alpha value is -3.86. The first-order valence-corrected chi connectivity index (χ1v) is 14.5. The summed E-state index contributed by atoms with van der Waals surface area (Å²) in [7, 11) is 0. The number of nitrogens with zero attached hydrogens (tertiary/aromatic N) is 1. The molecule has 43 heavy (non-hydrogen) atoms. The molecule has 0 aliphatic heterocycles. The van der Waals surface area contributed by atoms with E-state index in [1.54, 1.807) is 30.4 Å². The second-order valence-corrected chi connectivity index (χ2v) is 10.4. The Morgan fingerprint density at radius 1 is 0.907 bits per heavy atom. The number of hydrogen-bond donors (Lipinski definition) is 5. The van der Waals surface area contributed by atoms with E-state index in [0.29, 0.717) is 40.3 Å². The van der Waals surface area contributed by atoms with Crippen molar-refractivity contribution in [3.63, 3.8) is 0 Å². The summed E-state index contributed by atoms with van der Waals surface area (Å²) >= 11 is 13.4. The summed E-state index contributed by atoms with van der Waals surface area (Å²) in [6.07, 6.45) is 5.65. The molecule has 0 spiro atoms. The lowest BCUT2D eigenvalue weighted by molar-refractivity contribution is 0.282. The van der Waals surface area contributed by atoms with Crippen molar-refractivity contribution in [1.82, 2.24) is 5.32 Å². The van der Waals surface area contributed by atoms with Gasteiger partial charge >= 0.3 is 0 Å². The number of halogens is 2. The molecule has 0 saturated carbocycles. The van der Waals surface area contributed by atoms with E-state index in [2.05, 4.69) is 10.5 Å². The highest BCUT2D eigenvalue weighted by atomic mass is 35.5. The first-order valence-electron chi connectivity index (χ1n) is 13.7. The molecule has 226 valence electrons. The lowest BCUT2D eigenvalue weighted by atomic mass is 10.0. The normalized spacial score (nSPS) is 13.7. The fourth-order valence-electron chi connectivity index (χ4n) is 4.32. The van der Waals surface area contributed by atoms with Crippen LogP contribution >= 0.6 is 23.2 Å². The highest BCUT2D eigenvalue weighted by Crippen LogP contribution is 2.36. The smallest absolute Gasteiger partial charge is 0.142 e. The SMILES string of the molecule is N=C1C=C(COc2cc(OCc3cccc(-c4cccc(OCCCNCCO)c4)c3Cl)c(Cl)cc2CN)C=C/C1=N/O. The quantitative estimate of drug-likeness (QED) is 0.0625. The molecule has 9 nitrogen and oxygen atoms in total. The summed E-state index contributed by atoms with van der Waals surface area (Å²) in [5.41, 5.74) is 10.2. The molecule has 0 amide bonds. The highest BCUT2D eigenvalue weighted by molar-refractivity contribution is 6.50. The van der Waals surface area contributed by atoms with Gasteiger partial charge in [0.05, 0.1) is 29.0 Å². The van der Waals surface area contributed by atoms with Crippen LogP contribution in [0.15, 0.2) is 83.6 Å². The average Bonchev–Trinajstić information content (AvgIpc) is 3.02. The van der Waals surface area contributed by atoms with E-state index in [1.807, 2.05) is 42.5 Å². The Bertz CT molecular complexity index is 1520. The van der Waals surface area contributed by atoms with Gasteiger partial charge in [0.25, 0.3) is 0 Å². The highest BCUT2D eigenvalue weighted by Gasteiger charge is 2.15. The van der Waals surface area contributed by atoms with E-state index in [0.717, 1.165) is 41.0 Å². The molecule has 0 saturated heterocycles. The zero-order valence-corrected chi connectivity index (χ0v) is 25.0. The van der Waals surface area contributed by atoms with Crippen LogP contribution in [0.2, 0.25) is 10.0 Å². The average molecular weight is 626 g/mol. The maximum Gasteiger partial charge on any atom is 0.142 e. The van der Waals surface area contributed by atoms with Gasteiger partial charge in [-0.1, -0.05) is 64.8 Å². The molecule has 4 rings (SSSR count). The third kappa shape index (κ3) is 8.82. The molecule has 0 fully saturated rings. The van der Waals surface area contributed by atoms with Crippen molar-refractivity contribution >= 4 is 34.6 Å². The van der Waals surface area contributed by atoms with Crippen LogP contribution in [0.5, 0.6) is 17.2 Å². The Balaban J connectivity index is 1.43. The molecule has 3 aromatic rings. The fraction of sp³-hybridized carbons (Fsp3) is 0.250. The predicted octanol–water partition coefficient (Wildman–Crippen LogP) is 5.77. The van der Waals surface area contributed by atoms with Gasteiger partial charge in [-0.25, -0.2) is 0 Å². The van der Waals surface area contributed by atoms with Gasteiger partial charge in [-0.05, 0) is 54.5 Å². The van der Waals surface area contributed by atoms with Gasteiger partial charge in [0.1, 0.15) is 36.2 Å². The maximum atomic E-state index is 8.95. The van der Waals surface area contributed by atoms with Crippen LogP contribution in [0.25, 0.3) is 11.1 Å². The minimum Gasteiger partial charge on any atom is -0.494 e. The van der Waals surface area contributed by atoms with E-state index < -0.39 is 0 Å². The number of rotatable bonds is 15. The van der Waals surface area contributed by atoms with Crippen LogP contribution in [0.4, 0.5) is 0 Å². The fourth-order valence-corrected chi connectivity index (χ4v) is 4.85. The van der Waals surface area contributed by atoms with Crippen LogP contribution in [0.3, 0.4) is 0 Å². The Kier molecular flexibility index (Phi) is 12.0. The molecule has 0 bridgehead atoms. The largest absolute Gasteiger partial charge is 0.494 e. The standard InChI is InChI=1S/C32H34Cl2N4O5/c33-27-16-24(18-35)30(42-19-21-8-9-29(38-40)28(36)14-21)17-31(27)43-20-23-5-2-7-26(32(23)34)22-4-1-6-25(15-22)41-13-3-10-37-11-12-39/h1-2,4-9,14-17,36-37,39-40H,3,10-13,18-20,35H2/b36-28?,38-29-. The molecule has 3 aromatic carbocycles. The number of nitrogens with two attached hydrogens (primary N) is 1. The van der Waals surface area contributed by atoms with Crippen molar-refractivity contribution in [2.24, 2.45) is 10.9 Å². The summed E-state index contributed by atoms with van der Waals surface area (Å²) in [5.74, 6) is 1.66. The molecule has 1 aliphatic rings. The number of hydrogen-bond acceptors (Lipinski definition) is 9. The Labute approximate surface area is 260 Å². The second-order valence-electron chi connectivity index (χ2n) is 9.61. The van der Waals surface area contributed by atoms with Crippen molar-refractivity contribution < 1.29 is 24.5 Å². The lowest BCUT2D eigenvalue weighted by Gasteiger charge is -2.17. The van der Waals surface area contributed by atoms with Crippen molar-refractivity contribution in [1.29, 1.82) is 5.41 Å². The minimum absolute atomic E-state index is 0.0870. The molecule has 0 aromatic heterocycles. The maximum absolute atomic E-state index is 8.95. The number of aliphatic hydroxyl groups is 1. The number of benzene rings is 3. The summed E-state index contributed by atoms with van der Waals surface area (Å²) in [6, 6.07) is 16.9. The van der Waals surface area contributed by atoms with Gasteiger partial charge in [0.15, 0.2) is 0 Å². The molecule has 0 radical (unpaired) electrons. The van der Waals surface area contributed by atoms with Crippen LogP contribution in [0.1, 0.15) is 17.5 Å². The van der Waals surface area contributed by atoms with Gasteiger partial charge in [-0.15, -0.1) is 0 Å². The Morgan fingerprint density at radius 3 is 2.49 bits per heavy atom. The van der Waals surface area contributed by atoms with Gasteiger partial charge in [0.2, 0.25) is 0 Å². The number of oxime groups is 1. The number of allylic oxidation sites excluding steroid dienone is 2. The van der Waals surface area contributed by atoms with Crippen molar-refractivity contribution in [3.8, 4) is 28.4 Å². The minimum atomic E-state index is 0.0870. The molecule has 0 heterocycles. The first kappa shape index (κ1) is 32.1. The molecular weight excluding hydrogens is 591 g/mol. The Morgan fingerprint density at radius 2 is 1.72 bits per heavy atom. The van der Waals surface area contributed by atoms with Crippen molar-refractivity contribution in [3.05, 3.63) is 99.6 Å². The monoisotopic (exact) mass is 624 g/mol. The third-order valence-corrected chi connectivity index (χ3v) is 7.30. The van der Waals surface area contributed by atoms with Crippen molar-refractivity contribution in [2.75, 3.05) is 32.9 Å². The summed E-state index contributed by atoms with van der Waals surface area (Å²) < 4.78 is 18.0. The molecule has 1 aliphatic carbocycles. The van der Waals surface area contributed by atoms with Crippen LogP contribution in [0, 0.1) is 5.41 Å². The zero-order chi connectivity index (χ0) is 30.6. The van der Waals surface area contributed by atoms with E-state index >= 15 is 0 Å². The van der Waals surface area contributed by atoms with Gasteiger partial charge < -0.3 is 35.6 Å². The number of ether oxygens (including phenoxy) is 3. The van der Waals surface area contributed by atoms with Crippen LogP contribution < -0.4 is 25.3 Å². The summed E-state index contributed by atoms with van der Waals surface area (Å²) in [6.45, 7) is 2.55. The molecule has 0 atom stereocenters. The lowest BCUT2D eigenvalue weighted by Crippen LogP contribution is -2.20. The van der Waals surface area contributed by atoms with E-state index in [1.165, 1.54) is 0 Å².